The van der Waals surface area contributed by atoms with Crippen molar-refractivity contribution in [2.75, 3.05) is 7.05 Å². The second-order valence-electron chi connectivity index (χ2n) is 4.58. The molecule has 1 atom stereocenters. The molecular weight excluding hydrogens is 236 g/mol. The van der Waals surface area contributed by atoms with Crippen LogP contribution in [0.5, 0.6) is 0 Å². The Morgan fingerprint density at radius 3 is 2.58 bits per heavy atom. The fraction of sp³-hybridized carbons (Fsp3) is 0.333. The topological polar surface area (TPSA) is 53.6 Å². The number of nitriles is 1. The van der Waals surface area contributed by atoms with Gasteiger partial charge < -0.3 is 0 Å². The molecule has 4 heteroatoms. The Balaban J connectivity index is 2.22. The Morgan fingerprint density at radius 1 is 1.32 bits per heavy atom. The molecule has 1 aromatic carbocycles. The van der Waals surface area contributed by atoms with E-state index in [4.69, 9.17) is 0 Å². The third-order valence-electron chi connectivity index (χ3n) is 3.51. The first-order chi connectivity index (χ1) is 9.22. The van der Waals surface area contributed by atoms with Gasteiger partial charge in [0.1, 0.15) is 5.54 Å². The smallest absolute Gasteiger partial charge is 0.133 e. The zero-order valence-electron chi connectivity index (χ0n) is 11.3. The molecule has 1 aromatic heterocycles. The molecule has 0 bridgehead atoms. The Morgan fingerprint density at radius 2 is 2.05 bits per heavy atom. The van der Waals surface area contributed by atoms with Gasteiger partial charge in [0.15, 0.2) is 0 Å². The zero-order chi connectivity index (χ0) is 13.7. The van der Waals surface area contributed by atoms with Gasteiger partial charge >= 0.3 is 0 Å². The predicted octanol–water partition coefficient (Wildman–Crippen LogP) is 2.22. The minimum Gasteiger partial charge on any atom is -0.299 e. The highest BCUT2D eigenvalue weighted by molar-refractivity contribution is 5.31. The Labute approximate surface area is 113 Å². The molecule has 1 N–H and O–H groups in total. The number of nitrogens with zero attached hydrogens (tertiary/aromatic N) is 3. The summed E-state index contributed by atoms with van der Waals surface area (Å²) in [5.74, 6) is 0. The molecule has 0 amide bonds. The van der Waals surface area contributed by atoms with Crippen LogP contribution in [0.15, 0.2) is 42.6 Å². The van der Waals surface area contributed by atoms with E-state index in [1.54, 1.807) is 6.20 Å². The maximum Gasteiger partial charge on any atom is 0.133 e. The fourth-order valence-electron chi connectivity index (χ4n) is 2.22. The summed E-state index contributed by atoms with van der Waals surface area (Å²) in [4.78, 5) is 0. The zero-order valence-corrected chi connectivity index (χ0v) is 11.3. The summed E-state index contributed by atoms with van der Waals surface area (Å²) in [6, 6.07) is 14.2. The van der Waals surface area contributed by atoms with Gasteiger partial charge in [-0.05, 0) is 25.6 Å². The van der Waals surface area contributed by atoms with E-state index in [0.29, 0.717) is 13.0 Å². The van der Waals surface area contributed by atoms with Crippen LogP contribution in [0.2, 0.25) is 0 Å². The third kappa shape index (κ3) is 2.67. The van der Waals surface area contributed by atoms with E-state index in [-0.39, 0.29) is 0 Å². The van der Waals surface area contributed by atoms with Crippen molar-refractivity contribution in [3.8, 4) is 6.07 Å². The van der Waals surface area contributed by atoms with Crippen LogP contribution in [0, 0.1) is 18.3 Å². The van der Waals surface area contributed by atoms with E-state index in [9.17, 15) is 5.26 Å². The van der Waals surface area contributed by atoms with Crippen molar-refractivity contribution in [1.29, 1.82) is 5.26 Å². The summed E-state index contributed by atoms with van der Waals surface area (Å²) in [6.45, 7) is 2.73. The molecule has 0 radical (unpaired) electrons. The number of rotatable bonds is 5. The maximum absolute atomic E-state index is 9.59. The average molecular weight is 254 g/mol. The summed E-state index contributed by atoms with van der Waals surface area (Å²) < 4.78 is 1.92. The standard InChI is InChI=1S/C15H18N4/c1-13-8-10-18-19(13)11-9-15(12-16,17-2)14-6-4-3-5-7-14/h3-8,10,17H,9,11H2,1-2H3. The largest absolute Gasteiger partial charge is 0.299 e. The Kier molecular flexibility index (Phi) is 3.98. The summed E-state index contributed by atoms with van der Waals surface area (Å²) in [5, 5.41) is 17.0. The first-order valence-corrected chi connectivity index (χ1v) is 6.36. The lowest BCUT2D eigenvalue weighted by Gasteiger charge is -2.26. The van der Waals surface area contributed by atoms with Gasteiger partial charge in [0, 0.05) is 24.9 Å². The van der Waals surface area contributed by atoms with Gasteiger partial charge in [-0.2, -0.15) is 10.4 Å². The van der Waals surface area contributed by atoms with Crippen LogP contribution in [0.25, 0.3) is 0 Å². The van der Waals surface area contributed by atoms with Crippen molar-refractivity contribution in [1.82, 2.24) is 15.1 Å². The van der Waals surface area contributed by atoms with Gasteiger partial charge in [-0.15, -0.1) is 0 Å². The maximum atomic E-state index is 9.59. The van der Waals surface area contributed by atoms with Gasteiger partial charge in [0.05, 0.1) is 6.07 Å². The van der Waals surface area contributed by atoms with Crippen LogP contribution < -0.4 is 5.32 Å². The molecule has 0 saturated heterocycles. The van der Waals surface area contributed by atoms with E-state index in [0.717, 1.165) is 11.3 Å². The highest BCUT2D eigenvalue weighted by atomic mass is 15.3. The van der Waals surface area contributed by atoms with E-state index in [1.807, 2.05) is 55.1 Å². The number of aromatic nitrogens is 2. The lowest BCUT2D eigenvalue weighted by molar-refractivity contribution is 0.387. The summed E-state index contributed by atoms with van der Waals surface area (Å²) in [5.41, 5.74) is 1.43. The SMILES string of the molecule is CNC(C#N)(CCn1nccc1C)c1ccccc1. The predicted molar refractivity (Wildman–Crippen MR) is 74.4 cm³/mol. The van der Waals surface area contributed by atoms with Crippen molar-refractivity contribution < 1.29 is 0 Å². The van der Waals surface area contributed by atoms with Gasteiger partial charge in [-0.1, -0.05) is 30.3 Å². The lowest BCUT2D eigenvalue weighted by Crippen LogP contribution is -2.39. The van der Waals surface area contributed by atoms with Crippen molar-refractivity contribution in [3.63, 3.8) is 0 Å². The average Bonchev–Trinajstić information content (AvgIpc) is 2.87. The first-order valence-electron chi connectivity index (χ1n) is 6.36. The third-order valence-corrected chi connectivity index (χ3v) is 3.51. The molecule has 1 unspecified atom stereocenters. The second kappa shape index (κ2) is 5.68. The number of hydrogen-bond donors (Lipinski definition) is 1. The number of hydrogen-bond acceptors (Lipinski definition) is 3. The fourth-order valence-corrected chi connectivity index (χ4v) is 2.22. The second-order valence-corrected chi connectivity index (χ2v) is 4.58. The van der Waals surface area contributed by atoms with Crippen molar-refractivity contribution >= 4 is 0 Å². The quantitative estimate of drug-likeness (QED) is 0.890. The molecule has 98 valence electrons. The van der Waals surface area contributed by atoms with Crippen LogP contribution in [0.1, 0.15) is 17.7 Å². The Hall–Kier alpha value is -2.12. The molecule has 2 rings (SSSR count). The van der Waals surface area contributed by atoms with Crippen LogP contribution in [0.3, 0.4) is 0 Å². The number of benzene rings is 1. The number of aryl methyl sites for hydroxylation is 2. The molecule has 2 aromatic rings. The highest BCUT2D eigenvalue weighted by Gasteiger charge is 2.30. The summed E-state index contributed by atoms with van der Waals surface area (Å²) in [6.07, 6.45) is 2.46. The molecule has 0 aliphatic rings. The van der Waals surface area contributed by atoms with E-state index < -0.39 is 5.54 Å². The molecule has 4 nitrogen and oxygen atoms in total. The van der Waals surface area contributed by atoms with Crippen molar-refractivity contribution in [2.24, 2.45) is 0 Å². The molecule has 0 aliphatic heterocycles. The van der Waals surface area contributed by atoms with Gasteiger partial charge in [-0.3, -0.25) is 10.00 Å². The minimum absolute atomic E-state index is 0.667. The molecule has 0 fully saturated rings. The first kappa shape index (κ1) is 13.3. The van der Waals surface area contributed by atoms with E-state index in [1.165, 1.54) is 0 Å². The number of nitrogens with one attached hydrogen (secondary N) is 1. The minimum atomic E-state index is -0.667. The van der Waals surface area contributed by atoms with Crippen LogP contribution in [-0.2, 0) is 12.1 Å². The molecular formula is C15H18N4. The van der Waals surface area contributed by atoms with Gasteiger partial charge in [0.25, 0.3) is 0 Å². The lowest BCUT2D eigenvalue weighted by atomic mass is 9.88. The molecule has 0 aliphatic carbocycles. The van der Waals surface area contributed by atoms with Crippen LogP contribution in [-0.4, -0.2) is 16.8 Å². The Bertz CT molecular complexity index is 567. The van der Waals surface area contributed by atoms with E-state index >= 15 is 0 Å². The molecule has 1 heterocycles. The van der Waals surface area contributed by atoms with Gasteiger partial charge in [-0.25, -0.2) is 0 Å². The molecule has 0 spiro atoms. The highest BCUT2D eigenvalue weighted by Crippen LogP contribution is 2.24. The van der Waals surface area contributed by atoms with Crippen LogP contribution in [0.4, 0.5) is 0 Å². The summed E-state index contributed by atoms with van der Waals surface area (Å²) in [7, 11) is 1.83. The molecule has 19 heavy (non-hydrogen) atoms. The van der Waals surface area contributed by atoms with E-state index in [2.05, 4.69) is 16.5 Å². The normalized spacial score (nSPS) is 13.7. The van der Waals surface area contributed by atoms with Crippen molar-refractivity contribution in [2.45, 2.75) is 25.4 Å². The monoisotopic (exact) mass is 254 g/mol. The summed E-state index contributed by atoms with van der Waals surface area (Å²) >= 11 is 0. The molecule has 0 saturated carbocycles. The van der Waals surface area contributed by atoms with Gasteiger partial charge in [0.2, 0.25) is 0 Å². The van der Waals surface area contributed by atoms with Crippen LogP contribution >= 0.6 is 0 Å². The van der Waals surface area contributed by atoms with Crippen molar-refractivity contribution in [3.05, 3.63) is 53.9 Å².